The topological polar surface area (TPSA) is 78.3 Å². The summed E-state index contributed by atoms with van der Waals surface area (Å²) in [5.74, 6) is -0.377. The van der Waals surface area contributed by atoms with Crippen LogP contribution in [0.2, 0.25) is 5.02 Å². The van der Waals surface area contributed by atoms with Crippen LogP contribution >= 0.6 is 11.6 Å². The molecule has 76 valence electrons. The van der Waals surface area contributed by atoms with Crippen molar-refractivity contribution in [2.24, 2.45) is 0 Å². The number of hydrogen-bond acceptors (Lipinski definition) is 4. The highest BCUT2D eigenvalue weighted by molar-refractivity contribution is 6.31. The Morgan fingerprint density at radius 1 is 1.50 bits per heavy atom. The van der Waals surface area contributed by atoms with Gasteiger partial charge < -0.3 is 16.2 Å². The maximum atomic E-state index is 11.0. The molecule has 0 unspecified atom stereocenters. The van der Waals surface area contributed by atoms with Gasteiger partial charge in [-0.25, -0.2) is 0 Å². The first-order valence-corrected chi connectivity index (χ1v) is 4.32. The fourth-order valence-corrected chi connectivity index (χ4v) is 1.32. The van der Waals surface area contributed by atoms with Gasteiger partial charge in [0.15, 0.2) is 0 Å². The Labute approximate surface area is 86.8 Å². The molecule has 1 rings (SSSR count). The minimum atomic E-state index is -0.377. The predicted octanol–water partition coefficient (Wildman–Crippen LogP) is 1.22. The lowest BCUT2D eigenvalue weighted by Crippen LogP contribution is -2.08. The number of ether oxygens (including phenoxy) is 1. The van der Waals surface area contributed by atoms with Gasteiger partial charge in [0, 0.05) is 5.02 Å². The third-order valence-corrected chi connectivity index (χ3v) is 2.04. The van der Waals surface area contributed by atoms with Gasteiger partial charge in [-0.3, -0.25) is 4.79 Å². The van der Waals surface area contributed by atoms with Gasteiger partial charge in [0.1, 0.15) is 0 Å². The van der Waals surface area contributed by atoms with E-state index in [1.807, 2.05) is 0 Å². The number of esters is 1. The summed E-state index contributed by atoms with van der Waals surface area (Å²) in [6.07, 6.45) is 0.0765. The summed E-state index contributed by atoms with van der Waals surface area (Å²) in [6, 6.07) is 3.14. The lowest BCUT2D eigenvalue weighted by atomic mass is 10.1. The summed E-state index contributed by atoms with van der Waals surface area (Å²) in [5, 5.41) is 0.454. The fraction of sp³-hybridized carbons (Fsp3) is 0.222. The molecule has 0 atom stereocenters. The lowest BCUT2D eigenvalue weighted by Gasteiger charge is -2.07. The lowest BCUT2D eigenvalue weighted by molar-refractivity contribution is -0.139. The van der Waals surface area contributed by atoms with Crippen LogP contribution in [0.5, 0.6) is 0 Å². The number of nitrogen functional groups attached to an aromatic ring is 2. The number of rotatable bonds is 2. The number of benzene rings is 1. The highest BCUT2D eigenvalue weighted by atomic mass is 35.5. The molecule has 5 heteroatoms. The molecule has 0 heterocycles. The van der Waals surface area contributed by atoms with E-state index in [4.69, 9.17) is 23.1 Å². The third kappa shape index (κ3) is 2.29. The number of halogens is 1. The molecule has 1 aromatic carbocycles. The Bertz CT molecular complexity index is 366. The Morgan fingerprint density at radius 3 is 2.71 bits per heavy atom. The minimum absolute atomic E-state index is 0.0765. The third-order valence-electron chi connectivity index (χ3n) is 1.82. The second-order valence-corrected chi connectivity index (χ2v) is 3.26. The van der Waals surface area contributed by atoms with Gasteiger partial charge >= 0.3 is 5.97 Å². The summed E-state index contributed by atoms with van der Waals surface area (Å²) in [6.45, 7) is 0. The molecule has 14 heavy (non-hydrogen) atoms. The quantitative estimate of drug-likeness (QED) is 0.573. The van der Waals surface area contributed by atoms with Crippen LogP contribution in [0.4, 0.5) is 11.4 Å². The van der Waals surface area contributed by atoms with Crippen molar-refractivity contribution in [2.75, 3.05) is 18.6 Å². The summed E-state index contributed by atoms with van der Waals surface area (Å²) in [4.78, 5) is 11.0. The monoisotopic (exact) mass is 214 g/mol. The maximum absolute atomic E-state index is 11.0. The highest BCUT2D eigenvalue weighted by Gasteiger charge is 2.09. The number of methoxy groups -OCH3 is 1. The van der Waals surface area contributed by atoms with E-state index in [0.29, 0.717) is 22.0 Å². The molecule has 0 aromatic heterocycles. The SMILES string of the molecule is COC(=O)Cc1cc(Cl)cc(N)c1N. The summed E-state index contributed by atoms with van der Waals surface area (Å²) >= 11 is 5.76. The molecule has 4 nitrogen and oxygen atoms in total. The first kappa shape index (κ1) is 10.7. The van der Waals surface area contributed by atoms with E-state index in [1.165, 1.54) is 13.2 Å². The van der Waals surface area contributed by atoms with Crippen LogP contribution in [0, 0.1) is 0 Å². The Hall–Kier alpha value is -1.42. The zero-order chi connectivity index (χ0) is 10.7. The van der Waals surface area contributed by atoms with Crippen molar-refractivity contribution in [1.82, 2.24) is 0 Å². The number of nitrogens with two attached hydrogens (primary N) is 2. The van der Waals surface area contributed by atoms with Crippen LogP contribution in [-0.2, 0) is 16.0 Å². The Kier molecular flexibility index (Phi) is 3.19. The minimum Gasteiger partial charge on any atom is -0.469 e. The largest absolute Gasteiger partial charge is 0.469 e. The van der Waals surface area contributed by atoms with Gasteiger partial charge in [-0.1, -0.05) is 11.6 Å². The average Bonchev–Trinajstić information content (AvgIpc) is 2.13. The van der Waals surface area contributed by atoms with E-state index in [-0.39, 0.29) is 12.4 Å². The molecule has 0 fully saturated rings. The van der Waals surface area contributed by atoms with Crippen molar-refractivity contribution in [1.29, 1.82) is 0 Å². The van der Waals surface area contributed by atoms with Gasteiger partial charge in [-0.05, 0) is 17.7 Å². The first-order chi connectivity index (χ1) is 6.54. The smallest absolute Gasteiger partial charge is 0.310 e. The standard InChI is InChI=1S/C9H11ClN2O2/c1-14-8(13)3-5-2-6(10)4-7(11)9(5)12/h2,4H,3,11-12H2,1H3. The van der Waals surface area contributed by atoms with Crippen LogP contribution in [0.15, 0.2) is 12.1 Å². The molecule has 0 spiro atoms. The second-order valence-electron chi connectivity index (χ2n) is 2.82. The van der Waals surface area contributed by atoms with Crippen molar-refractivity contribution < 1.29 is 9.53 Å². The maximum Gasteiger partial charge on any atom is 0.310 e. The molecular weight excluding hydrogens is 204 g/mol. The van der Waals surface area contributed by atoms with E-state index in [0.717, 1.165) is 0 Å². The number of carbonyl (C=O) groups is 1. The normalized spacial score (nSPS) is 9.86. The average molecular weight is 215 g/mol. The molecule has 0 aliphatic rings. The number of carbonyl (C=O) groups excluding carboxylic acids is 1. The van der Waals surface area contributed by atoms with Gasteiger partial charge in [-0.2, -0.15) is 0 Å². The molecule has 1 aromatic rings. The summed E-state index contributed by atoms with van der Waals surface area (Å²) in [7, 11) is 1.31. The molecule has 0 radical (unpaired) electrons. The molecule has 0 amide bonds. The predicted molar refractivity (Wildman–Crippen MR) is 56.0 cm³/mol. The van der Waals surface area contributed by atoms with Crippen LogP contribution in [-0.4, -0.2) is 13.1 Å². The van der Waals surface area contributed by atoms with Gasteiger partial charge in [-0.15, -0.1) is 0 Å². The van der Waals surface area contributed by atoms with E-state index < -0.39 is 0 Å². The zero-order valence-electron chi connectivity index (χ0n) is 7.71. The van der Waals surface area contributed by atoms with Gasteiger partial charge in [0.05, 0.1) is 24.9 Å². The Balaban J connectivity index is 3.02. The highest BCUT2D eigenvalue weighted by Crippen LogP contribution is 2.25. The van der Waals surface area contributed by atoms with Crippen molar-refractivity contribution >= 4 is 28.9 Å². The summed E-state index contributed by atoms with van der Waals surface area (Å²) in [5.41, 5.74) is 12.6. The molecule has 0 aliphatic heterocycles. The van der Waals surface area contributed by atoms with E-state index in [1.54, 1.807) is 6.07 Å². The van der Waals surface area contributed by atoms with Crippen molar-refractivity contribution in [2.45, 2.75) is 6.42 Å². The number of hydrogen-bond donors (Lipinski definition) is 2. The zero-order valence-corrected chi connectivity index (χ0v) is 8.47. The van der Waals surface area contributed by atoms with Crippen LogP contribution in [0.3, 0.4) is 0 Å². The van der Waals surface area contributed by atoms with Gasteiger partial charge in [0.2, 0.25) is 0 Å². The van der Waals surface area contributed by atoms with E-state index in [2.05, 4.69) is 4.74 Å². The van der Waals surface area contributed by atoms with Crippen molar-refractivity contribution in [3.05, 3.63) is 22.7 Å². The van der Waals surface area contributed by atoms with Crippen LogP contribution < -0.4 is 11.5 Å². The molecule has 0 aliphatic carbocycles. The van der Waals surface area contributed by atoms with Crippen LogP contribution in [0.25, 0.3) is 0 Å². The summed E-state index contributed by atoms with van der Waals surface area (Å²) < 4.78 is 4.51. The van der Waals surface area contributed by atoms with Crippen molar-refractivity contribution in [3.63, 3.8) is 0 Å². The molecule has 4 N–H and O–H groups in total. The first-order valence-electron chi connectivity index (χ1n) is 3.94. The van der Waals surface area contributed by atoms with E-state index in [9.17, 15) is 4.79 Å². The molecule has 0 saturated carbocycles. The molecular formula is C9H11ClN2O2. The fourth-order valence-electron chi connectivity index (χ4n) is 1.07. The van der Waals surface area contributed by atoms with Gasteiger partial charge in [0.25, 0.3) is 0 Å². The second kappa shape index (κ2) is 4.19. The molecule has 0 bridgehead atoms. The number of anilines is 2. The van der Waals surface area contributed by atoms with Crippen molar-refractivity contribution in [3.8, 4) is 0 Å². The Morgan fingerprint density at radius 2 is 2.14 bits per heavy atom. The van der Waals surface area contributed by atoms with E-state index >= 15 is 0 Å². The molecule has 0 saturated heterocycles. The van der Waals surface area contributed by atoms with Crippen LogP contribution in [0.1, 0.15) is 5.56 Å².